The second-order valence-corrected chi connectivity index (χ2v) is 8.50. The van der Waals surface area contributed by atoms with Crippen LogP contribution in [0.15, 0.2) is 24.3 Å². The van der Waals surface area contributed by atoms with E-state index in [0.717, 1.165) is 22.7 Å². The Morgan fingerprint density at radius 1 is 1.32 bits per heavy atom. The molecule has 1 aromatic carbocycles. The van der Waals surface area contributed by atoms with E-state index >= 15 is 0 Å². The van der Waals surface area contributed by atoms with E-state index in [1.165, 1.54) is 11.3 Å². The topological polar surface area (TPSA) is 84.4 Å². The Kier molecular flexibility index (Phi) is 6.61. The standard InChI is InChI=1S/C20H26N4O3S/c1-13(2)8-9-24-12-15(11-18(24)25)19(26)21-20-23-22-17(28-20)10-14-4-6-16(27-3)7-5-14/h4-7,13,15H,8-12H2,1-3H3,(H,21,23,26)/t15-/m1/s1. The maximum absolute atomic E-state index is 12.5. The van der Waals surface area contributed by atoms with Crippen LogP contribution in [0, 0.1) is 11.8 Å². The van der Waals surface area contributed by atoms with Crippen LogP contribution in [0.5, 0.6) is 5.75 Å². The fourth-order valence-corrected chi connectivity index (χ4v) is 3.86. The largest absolute Gasteiger partial charge is 0.497 e. The van der Waals surface area contributed by atoms with Crippen molar-refractivity contribution in [3.63, 3.8) is 0 Å². The lowest BCUT2D eigenvalue weighted by molar-refractivity contribution is -0.128. The van der Waals surface area contributed by atoms with Crippen LogP contribution in [0.4, 0.5) is 5.13 Å². The maximum Gasteiger partial charge on any atom is 0.231 e. The van der Waals surface area contributed by atoms with Gasteiger partial charge in [0.2, 0.25) is 16.9 Å². The first-order valence-electron chi connectivity index (χ1n) is 9.48. The number of rotatable bonds is 8. The molecule has 0 saturated carbocycles. The van der Waals surface area contributed by atoms with Gasteiger partial charge in [0.05, 0.1) is 13.0 Å². The molecule has 7 nitrogen and oxygen atoms in total. The predicted molar refractivity (Wildman–Crippen MR) is 108 cm³/mol. The highest BCUT2D eigenvalue weighted by molar-refractivity contribution is 7.15. The molecule has 2 aromatic rings. The van der Waals surface area contributed by atoms with Crippen LogP contribution in [0.2, 0.25) is 0 Å². The predicted octanol–water partition coefficient (Wildman–Crippen LogP) is 2.97. The summed E-state index contributed by atoms with van der Waals surface area (Å²) < 4.78 is 5.16. The number of nitrogens with zero attached hydrogens (tertiary/aromatic N) is 3. The van der Waals surface area contributed by atoms with Crippen LogP contribution in [-0.4, -0.2) is 47.1 Å². The van der Waals surface area contributed by atoms with Crippen molar-refractivity contribution in [2.24, 2.45) is 11.8 Å². The summed E-state index contributed by atoms with van der Waals surface area (Å²) in [6.07, 6.45) is 1.86. The number of amides is 2. The third-order valence-electron chi connectivity index (χ3n) is 4.77. The molecule has 28 heavy (non-hydrogen) atoms. The lowest BCUT2D eigenvalue weighted by Crippen LogP contribution is -2.29. The molecule has 0 radical (unpaired) electrons. The average Bonchev–Trinajstić information content (AvgIpc) is 3.27. The molecule has 2 amide bonds. The van der Waals surface area contributed by atoms with Gasteiger partial charge in [-0.05, 0) is 30.0 Å². The van der Waals surface area contributed by atoms with E-state index in [0.29, 0.717) is 30.6 Å². The van der Waals surface area contributed by atoms with Crippen molar-refractivity contribution in [2.75, 3.05) is 25.5 Å². The van der Waals surface area contributed by atoms with Crippen LogP contribution in [0.25, 0.3) is 0 Å². The van der Waals surface area contributed by atoms with Gasteiger partial charge in [-0.3, -0.25) is 9.59 Å². The van der Waals surface area contributed by atoms with Crippen LogP contribution >= 0.6 is 11.3 Å². The van der Waals surface area contributed by atoms with E-state index in [1.54, 1.807) is 12.0 Å². The zero-order chi connectivity index (χ0) is 20.1. The molecular weight excluding hydrogens is 376 g/mol. The van der Waals surface area contributed by atoms with Gasteiger partial charge in [0.25, 0.3) is 0 Å². The Morgan fingerprint density at radius 2 is 2.07 bits per heavy atom. The monoisotopic (exact) mass is 402 g/mol. The number of carbonyl (C=O) groups excluding carboxylic acids is 2. The molecule has 1 aliphatic heterocycles. The van der Waals surface area contributed by atoms with Gasteiger partial charge in [0.1, 0.15) is 10.8 Å². The normalized spacial score (nSPS) is 16.6. The number of likely N-dealkylation sites (tertiary alicyclic amines) is 1. The van der Waals surface area contributed by atoms with E-state index in [2.05, 4.69) is 29.4 Å². The van der Waals surface area contributed by atoms with Crippen LogP contribution < -0.4 is 10.1 Å². The number of nitrogens with one attached hydrogen (secondary N) is 1. The van der Waals surface area contributed by atoms with E-state index in [1.807, 2.05) is 24.3 Å². The summed E-state index contributed by atoms with van der Waals surface area (Å²) in [7, 11) is 1.64. The summed E-state index contributed by atoms with van der Waals surface area (Å²) >= 11 is 1.36. The Balaban J connectivity index is 1.53. The second kappa shape index (κ2) is 9.14. The van der Waals surface area contributed by atoms with E-state index in [-0.39, 0.29) is 24.2 Å². The van der Waals surface area contributed by atoms with Gasteiger partial charge in [-0.15, -0.1) is 10.2 Å². The summed E-state index contributed by atoms with van der Waals surface area (Å²) in [5.41, 5.74) is 1.09. The first-order chi connectivity index (χ1) is 13.4. The van der Waals surface area contributed by atoms with Crippen molar-refractivity contribution in [1.82, 2.24) is 15.1 Å². The summed E-state index contributed by atoms with van der Waals surface area (Å²) in [6, 6.07) is 7.77. The van der Waals surface area contributed by atoms with Crippen molar-refractivity contribution < 1.29 is 14.3 Å². The third kappa shape index (κ3) is 5.28. The minimum absolute atomic E-state index is 0.0539. The Labute approximate surface area is 169 Å². The first kappa shape index (κ1) is 20.3. The zero-order valence-corrected chi connectivity index (χ0v) is 17.3. The highest BCUT2D eigenvalue weighted by Crippen LogP contribution is 2.23. The van der Waals surface area contributed by atoms with E-state index in [4.69, 9.17) is 4.74 Å². The van der Waals surface area contributed by atoms with Crippen LogP contribution in [-0.2, 0) is 16.0 Å². The number of hydrogen-bond acceptors (Lipinski definition) is 6. The highest BCUT2D eigenvalue weighted by atomic mass is 32.1. The number of hydrogen-bond donors (Lipinski definition) is 1. The SMILES string of the molecule is COc1ccc(Cc2nnc(NC(=O)[C@@H]3CC(=O)N(CCC(C)C)C3)s2)cc1. The lowest BCUT2D eigenvalue weighted by atomic mass is 10.1. The number of carbonyl (C=O) groups is 2. The number of aromatic nitrogens is 2. The van der Waals surface area contributed by atoms with Gasteiger partial charge >= 0.3 is 0 Å². The first-order valence-corrected chi connectivity index (χ1v) is 10.3. The van der Waals surface area contributed by atoms with Gasteiger partial charge in [-0.1, -0.05) is 37.3 Å². The molecule has 1 fully saturated rings. The molecule has 1 N–H and O–H groups in total. The second-order valence-electron chi connectivity index (χ2n) is 7.44. The van der Waals surface area contributed by atoms with Gasteiger partial charge in [-0.25, -0.2) is 0 Å². The summed E-state index contributed by atoms with van der Waals surface area (Å²) in [6.45, 7) is 5.45. The Morgan fingerprint density at radius 3 is 2.75 bits per heavy atom. The maximum atomic E-state index is 12.5. The molecule has 8 heteroatoms. The Bertz CT molecular complexity index is 819. The number of anilines is 1. The molecule has 1 saturated heterocycles. The van der Waals surface area contributed by atoms with Gasteiger partial charge < -0.3 is 15.0 Å². The molecule has 0 aliphatic carbocycles. The summed E-state index contributed by atoms with van der Waals surface area (Å²) in [5, 5.41) is 12.3. The van der Waals surface area contributed by atoms with Gasteiger partial charge in [-0.2, -0.15) is 0 Å². The minimum Gasteiger partial charge on any atom is -0.497 e. The number of ether oxygens (including phenoxy) is 1. The molecule has 0 bridgehead atoms. The fraction of sp³-hybridized carbons (Fsp3) is 0.500. The van der Waals surface area contributed by atoms with Crippen molar-refractivity contribution in [3.05, 3.63) is 34.8 Å². The molecule has 0 unspecified atom stereocenters. The molecule has 1 aliphatic rings. The number of benzene rings is 1. The van der Waals surface area contributed by atoms with E-state index in [9.17, 15) is 9.59 Å². The zero-order valence-electron chi connectivity index (χ0n) is 16.5. The van der Waals surface area contributed by atoms with Crippen molar-refractivity contribution in [1.29, 1.82) is 0 Å². The summed E-state index contributed by atoms with van der Waals surface area (Å²) in [4.78, 5) is 26.4. The lowest BCUT2D eigenvalue weighted by Gasteiger charge is -2.17. The van der Waals surface area contributed by atoms with Crippen LogP contribution in [0.3, 0.4) is 0 Å². The molecule has 3 rings (SSSR count). The molecule has 2 heterocycles. The highest BCUT2D eigenvalue weighted by Gasteiger charge is 2.34. The van der Waals surface area contributed by atoms with Crippen molar-refractivity contribution in [2.45, 2.75) is 33.1 Å². The van der Waals surface area contributed by atoms with Crippen molar-refractivity contribution >= 4 is 28.3 Å². The quantitative estimate of drug-likeness (QED) is 0.734. The molecule has 150 valence electrons. The average molecular weight is 403 g/mol. The smallest absolute Gasteiger partial charge is 0.231 e. The van der Waals surface area contributed by atoms with Crippen molar-refractivity contribution in [3.8, 4) is 5.75 Å². The van der Waals surface area contributed by atoms with E-state index < -0.39 is 0 Å². The Hall–Kier alpha value is -2.48. The van der Waals surface area contributed by atoms with Gasteiger partial charge in [0, 0.05) is 25.9 Å². The molecular formula is C20H26N4O3S. The minimum atomic E-state index is -0.325. The summed E-state index contributed by atoms with van der Waals surface area (Å²) in [5.74, 6) is 0.910. The number of methoxy groups -OCH3 is 1. The molecule has 0 spiro atoms. The van der Waals surface area contributed by atoms with Crippen LogP contribution in [0.1, 0.15) is 37.3 Å². The molecule has 1 aromatic heterocycles. The third-order valence-corrected chi connectivity index (χ3v) is 5.61. The molecule has 1 atom stereocenters. The fourth-order valence-electron chi connectivity index (χ4n) is 3.08. The van der Waals surface area contributed by atoms with Gasteiger partial charge in [0.15, 0.2) is 0 Å².